The van der Waals surface area contributed by atoms with Gasteiger partial charge in [0.25, 0.3) is 0 Å². The molecule has 0 fully saturated rings. The van der Waals surface area contributed by atoms with E-state index in [-0.39, 0.29) is 36.7 Å². The van der Waals surface area contributed by atoms with Crippen molar-refractivity contribution in [1.29, 1.82) is 0 Å². The number of esters is 2. The van der Waals surface area contributed by atoms with Gasteiger partial charge in [-0.25, -0.2) is 0 Å². The second-order valence-corrected chi connectivity index (χ2v) is 5.73. The third-order valence-corrected chi connectivity index (χ3v) is 3.83. The first-order valence-electron chi connectivity index (χ1n) is 6.65. The second-order valence-electron chi connectivity index (χ2n) is 4.55. The van der Waals surface area contributed by atoms with E-state index in [0.717, 1.165) is 0 Å². The third-order valence-electron chi connectivity index (χ3n) is 3.20. The van der Waals surface area contributed by atoms with Gasteiger partial charge >= 0.3 is 11.9 Å². The van der Waals surface area contributed by atoms with Crippen LogP contribution in [0.1, 0.15) is 33.1 Å². The van der Waals surface area contributed by atoms with Crippen LogP contribution < -0.4 is 0 Å². The average Bonchev–Trinajstić information content (AvgIpc) is 2.40. The van der Waals surface area contributed by atoms with Gasteiger partial charge in [0, 0.05) is 11.2 Å². The zero-order valence-electron chi connectivity index (χ0n) is 11.7. The highest BCUT2D eigenvalue weighted by atomic mass is 79.9. The fraction of sp³-hybridized carbons (Fsp3) is 0.643. The van der Waals surface area contributed by atoms with E-state index in [1.54, 1.807) is 19.9 Å². The first-order valence-corrected chi connectivity index (χ1v) is 7.57. The molecular formula is C14H19BrO5. The van der Waals surface area contributed by atoms with Gasteiger partial charge < -0.3 is 9.47 Å². The normalized spacial score (nSPS) is 25.4. The number of ketones is 1. The van der Waals surface area contributed by atoms with E-state index in [2.05, 4.69) is 15.9 Å². The number of halogens is 1. The van der Waals surface area contributed by atoms with Crippen molar-refractivity contribution in [2.24, 2.45) is 5.41 Å². The Kier molecular flexibility index (Phi) is 6.39. The number of ether oxygens (including phenoxy) is 2. The minimum atomic E-state index is -1.29. The van der Waals surface area contributed by atoms with Crippen LogP contribution >= 0.6 is 15.9 Å². The van der Waals surface area contributed by atoms with Crippen molar-refractivity contribution in [1.82, 2.24) is 0 Å². The van der Waals surface area contributed by atoms with Crippen LogP contribution in [0.2, 0.25) is 0 Å². The van der Waals surface area contributed by atoms with Gasteiger partial charge in [-0.3, -0.25) is 14.4 Å². The van der Waals surface area contributed by atoms with E-state index in [9.17, 15) is 14.4 Å². The van der Waals surface area contributed by atoms with Crippen molar-refractivity contribution < 1.29 is 23.9 Å². The average molecular weight is 347 g/mol. The van der Waals surface area contributed by atoms with Crippen LogP contribution in [0, 0.1) is 5.41 Å². The van der Waals surface area contributed by atoms with Gasteiger partial charge in [0.15, 0.2) is 5.78 Å². The highest BCUT2D eigenvalue weighted by Gasteiger charge is 2.48. The Morgan fingerprint density at radius 3 is 2.60 bits per heavy atom. The van der Waals surface area contributed by atoms with E-state index >= 15 is 0 Å². The molecule has 2 unspecified atom stereocenters. The van der Waals surface area contributed by atoms with Gasteiger partial charge in [-0.15, -0.1) is 0 Å². The molecule has 20 heavy (non-hydrogen) atoms. The van der Waals surface area contributed by atoms with Crippen LogP contribution in [0.15, 0.2) is 12.2 Å². The van der Waals surface area contributed by atoms with Gasteiger partial charge in [0.1, 0.15) is 5.41 Å². The highest BCUT2D eigenvalue weighted by Crippen LogP contribution is 2.38. The SMILES string of the molecule is CCOC(=O)CCC1(C(=O)OCC)CC(Br)C=CC1=O. The number of carbonyl (C=O) groups excluding carboxylic acids is 3. The zero-order valence-corrected chi connectivity index (χ0v) is 13.3. The number of rotatable bonds is 6. The molecule has 0 aromatic heterocycles. The Labute approximate surface area is 126 Å². The zero-order chi connectivity index (χ0) is 15.2. The Hall–Kier alpha value is -1.17. The molecule has 5 nitrogen and oxygen atoms in total. The van der Waals surface area contributed by atoms with Crippen molar-refractivity contribution in [3.63, 3.8) is 0 Å². The molecule has 0 N–H and O–H groups in total. The first-order chi connectivity index (χ1) is 9.46. The largest absolute Gasteiger partial charge is 0.466 e. The molecule has 0 aromatic carbocycles. The maximum Gasteiger partial charge on any atom is 0.320 e. The number of alkyl halides is 1. The number of hydrogen-bond donors (Lipinski definition) is 0. The molecule has 0 saturated heterocycles. The summed E-state index contributed by atoms with van der Waals surface area (Å²) in [7, 11) is 0. The fourth-order valence-corrected chi connectivity index (χ4v) is 2.89. The molecule has 0 amide bonds. The molecule has 0 bridgehead atoms. The molecule has 0 aromatic rings. The monoisotopic (exact) mass is 346 g/mol. The van der Waals surface area contributed by atoms with E-state index in [1.807, 2.05) is 0 Å². The van der Waals surface area contributed by atoms with Gasteiger partial charge in [-0.05, 0) is 32.8 Å². The summed E-state index contributed by atoms with van der Waals surface area (Å²) in [5, 5.41) is 0. The molecule has 0 radical (unpaired) electrons. The summed E-state index contributed by atoms with van der Waals surface area (Å²) >= 11 is 3.39. The van der Waals surface area contributed by atoms with Crippen molar-refractivity contribution in [3.8, 4) is 0 Å². The lowest BCUT2D eigenvalue weighted by Gasteiger charge is -2.32. The Morgan fingerprint density at radius 1 is 1.35 bits per heavy atom. The maximum absolute atomic E-state index is 12.2. The molecule has 1 aliphatic carbocycles. The van der Waals surface area contributed by atoms with Crippen molar-refractivity contribution in [2.45, 2.75) is 37.9 Å². The van der Waals surface area contributed by atoms with E-state index in [1.165, 1.54) is 6.08 Å². The molecule has 0 spiro atoms. The number of hydrogen-bond acceptors (Lipinski definition) is 5. The predicted octanol–water partition coefficient (Wildman–Crippen LogP) is 2.17. The molecule has 112 valence electrons. The van der Waals surface area contributed by atoms with Crippen LogP contribution in [0.3, 0.4) is 0 Å². The molecule has 1 aliphatic rings. The molecule has 0 heterocycles. The van der Waals surface area contributed by atoms with Crippen LogP contribution in [0.25, 0.3) is 0 Å². The number of carbonyl (C=O) groups is 3. The van der Waals surface area contributed by atoms with E-state index < -0.39 is 17.4 Å². The summed E-state index contributed by atoms with van der Waals surface area (Å²) in [5.74, 6) is -1.29. The molecule has 6 heteroatoms. The lowest BCUT2D eigenvalue weighted by Crippen LogP contribution is -2.44. The van der Waals surface area contributed by atoms with Gasteiger partial charge in [0.2, 0.25) is 0 Å². The van der Waals surface area contributed by atoms with Crippen molar-refractivity contribution >= 4 is 33.7 Å². The van der Waals surface area contributed by atoms with Crippen molar-refractivity contribution in [3.05, 3.63) is 12.2 Å². The summed E-state index contributed by atoms with van der Waals surface area (Å²) in [5.41, 5.74) is -1.29. The van der Waals surface area contributed by atoms with E-state index in [4.69, 9.17) is 9.47 Å². The van der Waals surface area contributed by atoms with Gasteiger partial charge in [-0.2, -0.15) is 0 Å². The molecular weight excluding hydrogens is 328 g/mol. The van der Waals surface area contributed by atoms with Crippen LogP contribution in [-0.2, 0) is 23.9 Å². The molecule has 0 saturated carbocycles. The van der Waals surface area contributed by atoms with Gasteiger partial charge in [-0.1, -0.05) is 22.0 Å². The van der Waals surface area contributed by atoms with Gasteiger partial charge in [0.05, 0.1) is 13.2 Å². The summed E-state index contributed by atoms with van der Waals surface area (Å²) in [4.78, 5) is 35.8. The Balaban J connectivity index is 2.90. The lowest BCUT2D eigenvalue weighted by molar-refractivity contribution is -0.160. The predicted molar refractivity (Wildman–Crippen MR) is 76.4 cm³/mol. The van der Waals surface area contributed by atoms with Crippen LogP contribution in [0.5, 0.6) is 0 Å². The highest BCUT2D eigenvalue weighted by molar-refractivity contribution is 9.09. The standard InChI is InChI=1S/C14H19BrO5/c1-3-19-12(17)7-8-14(13(18)20-4-2)9-10(15)5-6-11(14)16/h5-6,10H,3-4,7-9H2,1-2H3. The topological polar surface area (TPSA) is 69.7 Å². The minimum Gasteiger partial charge on any atom is -0.466 e. The quantitative estimate of drug-likeness (QED) is 0.418. The summed E-state index contributed by atoms with van der Waals surface area (Å²) in [6.45, 7) is 3.87. The number of allylic oxidation sites excluding steroid dienone is 2. The Bertz CT molecular complexity index is 418. The molecule has 2 atom stereocenters. The fourth-order valence-electron chi connectivity index (χ4n) is 2.18. The van der Waals surface area contributed by atoms with Crippen LogP contribution in [0.4, 0.5) is 0 Å². The maximum atomic E-state index is 12.2. The lowest BCUT2D eigenvalue weighted by atomic mass is 9.72. The van der Waals surface area contributed by atoms with E-state index in [0.29, 0.717) is 6.42 Å². The smallest absolute Gasteiger partial charge is 0.320 e. The van der Waals surface area contributed by atoms with Crippen molar-refractivity contribution in [2.75, 3.05) is 13.2 Å². The molecule has 1 rings (SSSR count). The van der Waals surface area contributed by atoms with Crippen LogP contribution in [-0.4, -0.2) is 35.8 Å². The summed E-state index contributed by atoms with van der Waals surface area (Å²) < 4.78 is 9.88. The summed E-state index contributed by atoms with van der Waals surface area (Å²) in [6, 6.07) is 0. The third kappa shape index (κ3) is 3.91. The second kappa shape index (κ2) is 7.57. The first kappa shape index (κ1) is 16.9. The Morgan fingerprint density at radius 2 is 2.00 bits per heavy atom. The summed E-state index contributed by atoms with van der Waals surface area (Å²) in [6.07, 6.45) is 3.50. The minimum absolute atomic E-state index is 0.0198. The molecule has 0 aliphatic heterocycles.